The van der Waals surface area contributed by atoms with Gasteiger partial charge >= 0.3 is 6.09 Å². The number of carbonyl (C=O) groups is 2. The first-order chi connectivity index (χ1) is 10.9. The first kappa shape index (κ1) is 17.2. The Balaban J connectivity index is 2.05. The zero-order valence-corrected chi connectivity index (χ0v) is 14.3. The number of amides is 2. The average molecular weight is 319 g/mol. The minimum atomic E-state index is -0.339. The van der Waals surface area contributed by atoms with Gasteiger partial charge < -0.3 is 15.0 Å². The van der Waals surface area contributed by atoms with Gasteiger partial charge in [-0.05, 0) is 52.2 Å². The van der Waals surface area contributed by atoms with Crippen LogP contribution in [0.2, 0.25) is 0 Å². The van der Waals surface area contributed by atoms with Crippen LogP contribution in [0.5, 0.6) is 0 Å². The summed E-state index contributed by atoms with van der Waals surface area (Å²) in [5, 5.41) is 2.99. The lowest BCUT2D eigenvalue weighted by molar-refractivity contribution is -0.121. The van der Waals surface area contributed by atoms with E-state index >= 15 is 0 Å². The smallest absolute Gasteiger partial charge is 0.409 e. The molecule has 2 rings (SSSR count). The average Bonchev–Trinajstić information content (AvgIpc) is 2.51. The molecule has 1 N–H and O–H groups in total. The zero-order chi connectivity index (χ0) is 17.0. The quantitative estimate of drug-likeness (QED) is 0.930. The molecule has 0 aromatic carbocycles. The predicted molar refractivity (Wildman–Crippen MR) is 88.4 cm³/mol. The van der Waals surface area contributed by atoms with Crippen molar-refractivity contribution < 1.29 is 14.3 Å². The van der Waals surface area contributed by atoms with Gasteiger partial charge in [-0.1, -0.05) is 0 Å². The second-order valence-electron chi connectivity index (χ2n) is 6.01. The summed E-state index contributed by atoms with van der Waals surface area (Å²) in [6, 6.07) is 1.95. The molecule has 1 aromatic rings. The van der Waals surface area contributed by atoms with Gasteiger partial charge in [0.2, 0.25) is 5.91 Å². The summed E-state index contributed by atoms with van der Waals surface area (Å²) >= 11 is 0. The molecule has 1 saturated heterocycles. The second-order valence-corrected chi connectivity index (χ2v) is 6.01. The van der Waals surface area contributed by atoms with Crippen molar-refractivity contribution in [1.29, 1.82) is 0 Å². The van der Waals surface area contributed by atoms with Gasteiger partial charge in [0.15, 0.2) is 0 Å². The fourth-order valence-electron chi connectivity index (χ4n) is 3.01. The van der Waals surface area contributed by atoms with Crippen molar-refractivity contribution in [3.05, 3.63) is 23.0 Å². The maximum atomic E-state index is 12.6. The van der Waals surface area contributed by atoms with Crippen LogP contribution in [0.3, 0.4) is 0 Å². The van der Waals surface area contributed by atoms with E-state index in [1.807, 2.05) is 26.8 Å². The molecule has 6 nitrogen and oxygen atoms in total. The first-order valence-corrected chi connectivity index (χ1v) is 8.09. The van der Waals surface area contributed by atoms with E-state index in [0.29, 0.717) is 19.7 Å². The molecule has 1 aliphatic rings. The van der Waals surface area contributed by atoms with Crippen molar-refractivity contribution in [2.45, 2.75) is 40.5 Å². The number of hydrogen-bond donors (Lipinski definition) is 1. The molecule has 1 fully saturated rings. The summed E-state index contributed by atoms with van der Waals surface area (Å²) in [6.07, 6.45) is 1.24. The van der Waals surface area contributed by atoms with Crippen molar-refractivity contribution in [2.75, 3.05) is 25.0 Å². The van der Waals surface area contributed by atoms with Crippen LogP contribution in [0.25, 0.3) is 0 Å². The molecule has 0 spiro atoms. The Hall–Kier alpha value is -2.11. The number of aryl methyl sites for hydroxylation is 3. The Bertz CT molecular complexity index is 578. The summed E-state index contributed by atoms with van der Waals surface area (Å²) in [5.41, 5.74) is 3.52. The van der Waals surface area contributed by atoms with E-state index in [4.69, 9.17) is 4.74 Å². The second kappa shape index (κ2) is 7.44. The summed E-state index contributed by atoms with van der Waals surface area (Å²) < 4.78 is 5.02. The summed E-state index contributed by atoms with van der Waals surface area (Å²) in [4.78, 5) is 30.4. The molecule has 0 radical (unpaired) electrons. The highest BCUT2D eigenvalue weighted by Gasteiger charge is 2.29. The molecule has 2 heterocycles. The SMILES string of the molecule is CCOC(=O)N1CCCC(C(=O)Nc2c(C)cc(C)nc2C)C1. The normalized spacial score (nSPS) is 17.7. The number of pyridine rings is 1. The molecule has 1 atom stereocenters. The fraction of sp³-hybridized carbons (Fsp3) is 0.588. The van der Waals surface area contributed by atoms with E-state index in [-0.39, 0.29) is 17.9 Å². The Morgan fingerprint density at radius 3 is 2.78 bits per heavy atom. The van der Waals surface area contributed by atoms with E-state index in [0.717, 1.165) is 35.5 Å². The number of carbonyl (C=O) groups excluding carboxylic acids is 2. The van der Waals surface area contributed by atoms with Gasteiger partial charge in [0.25, 0.3) is 0 Å². The minimum absolute atomic E-state index is 0.0594. The molecule has 0 bridgehead atoms. The highest BCUT2D eigenvalue weighted by atomic mass is 16.6. The number of nitrogens with one attached hydrogen (secondary N) is 1. The lowest BCUT2D eigenvalue weighted by atomic mass is 9.97. The molecule has 6 heteroatoms. The number of piperidine rings is 1. The van der Waals surface area contributed by atoms with Crippen LogP contribution < -0.4 is 5.32 Å². The number of aromatic nitrogens is 1. The van der Waals surface area contributed by atoms with Crippen molar-refractivity contribution in [3.8, 4) is 0 Å². The minimum Gasteiger partial charge on any atom is -0.450 e. The first-order valence-electron chi connectivity index (χ1n) is 8.09. The Morgan fingerprint density at radius 2 is 2.13 bits per heavy atom. The van der Waals surface area contributed by atoms with Crippen molar-refractivity contribution >= 4 is 17.7 Å². The van der Waals surface area contributed by atoms with Gasteiger partial charge in [-0.3, -0.25) is 9.78 Å². The molecule has 126 valence electrons. The summed E-state index contributed by atoms with van der Waals surface area (Å²) in [6.45, 7) is 8.96. The molecular weight excluding hydrogens is 294 g/mol. The molecule has 1 aromatic heterocycles. The third-order valence-electron chi connectivity index (χ3n) is 4.09. The Labute approximate surface area is 137 Å². The van der Waals surface area contributed by atoms with Gasteiger partial charge in [-0.25, -0.2) is 4.79 Å². The standard InChI is InChI=1S/C17H25N3O3/c1-5-23-17(22)20-8-6-7-14(10-20)16(21)19-15-11(2)9-12(3)18-13(15)4/h9,14H,5-8,10H2,1-4H3,(H,19,21). The van der Waals surface area contributed by atoms with Crippen LogP contribution in [0.1, 0.15) is 36.7 Å². The molecule has 2 amide bonds. The van der Waals surface area contributed by atoms with Crippen molar-refractivity contribution in [2.24, 2.45) is 5.92 Å². The van der Waals surface area contributed by atoms with Crippen LogP contribution in [0.15, 0.2) is 6.07 Å². The van der Waals surface area contributed by atoms with Gasteiger partial charge in [0.1, 0.15) is 0 Å². The number of hydrogen-bond acceptors (Lipinski definition) is 4. The van der Waals surface area contributed by atoms with Gasteiger partial charge in [-0.2, -0.15) is 0 Å². The van der Waals surface area contributed by atoms with Gasteiger partial charge in [0, 0.05) is 18.8 Å². The van der Waals surface area contributed by atoms with Crippen molar-refractivity contribution in [3.63, 3.8) is 0 Å². The molecule has 0 aliphatic carbocycles. The summed E-state index contributed by atoms with van der Waals surface area (Å²) in [5.74, 6) is -0.274. The van der Waals surface area contributed by atoms with Crippen molar-refractivity contribution in [1.82, 2.24) is 9.88 Å². The topological polar surface area (TPSA) is 71.5 Å². The molecule has 23 heavy (non-hydrogen) atoms. The third-order valence-corrected chi connectivity index (χ3v) is 4.09. The largest absolute Gasteiger partial charge is 0.450 e. The van der Waals surface area contributed by atoms with E-state index in [1.165, 1.54) is 0 Å². The lowest BCUT2D eigenvalue weighted by Crippen LogP contribution is -2.44. The zero-order valence-electron chi connectivity index (χ0n) is 14.3. The van der Waals surface area contributed by atoms with E-state index < -0.39 is 0 Å². The lowest BCUT2D eigenvalue weighted by Gasteiger charge is -2.31. The molecular formula is C17H25N3O3. The summed E-state index contributed by atoms with van der Waals surface area (Å²) in [7, 11) is 0. The monoisotopic (exact) mass is 319 g/mol. The van der Waals surface area contributed by atoms with Crippen LogP contribution in [0.4, 0.5) is 10.5 Å². The van der Waals surface area contributed by atoms with E-state index in [2.05, 4.69) is 10.3 Å². The highest BCUT2D eigenvalue weighted by molar-refractivity contribution is 5.94. The third kappa shape index (κ3) is 4.21. The van der Waals surface area contributed by atoms with Crippen LogP contribution in [0, 0.1) is 26.7 Å². The number of anilines is 1. The highest BCUT2D eigenvalue weighted by Crippen LogP contribution is 2.23. The molecule has 1 aliphatic heterocycles. The van der Waals surface area contributed by atoms with E-state index in [9.17, 15) is 9.59 Å². The fourth-order valence-corrected chi connectivity index (χ4v) is 3.01. The number of rotatable bonds is 3. The Morgan fingerprint density at radius 1 is 1.39 bits per heavy atom. The maximum absolute atomic E-state index is 12.6. The number of likely N-dealkylation sites (tertiary alicyclic amines) is 1. The van der Waals surface area contributed by atoms with Crippen LogP contribution in [-0.2, 0) is 9.53 Å². The van der Waals surface area contributed by atoms with Crippen LogP contribution in [-0.4, -0.2) is 41.6 Å². The van der Waals surface area contributed by atoms with Gasteiger partial charge in [0.05, 0.1) is 23.9 Å². The predicted octanol–water partition coefficient (Wildman–Crippen LogP) is 2.81. The maximum Gasteiger partial charge on any atom is 0.409 e. The molecule has 0 saturated carbocycles. The molecule has 1 unspecified atom stereocenters. The number of nitrogens with zero attached hydrogens (tertiary/aromatic N) is 2. The number of ether oxygens (including phenoxy) is 1. The Kier molecular flexibility index (Phi) is 5.58. The van der Waals surface area contributed by atoms with Crippen LogP contribution >= 0.6 is 0 Å². The van der Waals surface area contributed by atoms with Gasteiger partial charge in [-0.15, -0.1) is 0 Å². The van der Waals surface area contributed by atoms with E-state index in [1.54, 1.807) is 11.8 Å².